The molecule has 0 heterocycles. The normalized spacial score (nSPS) is 19.3. The number of rotatable bonds is 3. The average Bonchev–Trinajstić information content (AvgIpc) is 2.65. The van der Waals surface area contributed by atoms with Gasteiger partial charge in [0.2, 0.25) is 5.91 Å². The van der Waals surface area contributed by atoms with Crippen LogP contribution in [0.1, 0.15) is 39.5 Å². The maximum atomic E-state index is 11.7. The molecular weight excluding hydrogens is 176 g/mol. The van der Waals surface area contributed by atoms with Gasteiger partial charge in [-0.15, -0.1) is 0 Å². The van der Waals surface area contributed by atoms with Gasteiger partial charge < -0.3 is 5.32 Å². The monoisotopic (exact) mass is 194 g/mol. The summed E-state index contributed by atoms with van der Waals surface area (Å²) >= 11 is 0. The quantitative estimate of drug-likeness (QED) is 0.745. The molecule has 0 aromatic carbocycles. The van der Waals surface area contributed by atoms with Crippen LogP contribution in [-0.4, -0.2) is 11.9 Å². The highest BCUT2D eigenvalue weighted by molar-refractivity contribution is 5.79. The largest absolute Gasteiger partial charge is 0.340 e. The van der Waals surface area contributed by atoms with E-state index in [1.165, 1.54) is 0 Å². The fourth-order valence-electron chi connectivity index (χ4n) is 1.81. The molecule has 0 bridgehead atoms. The van der Waals surface area contributed by atoms with E-state index in [4.69, 9.17) is 5.26 Å². The molecule has 0 aliphatic heterocycles. The van der Waals surface area contributed by atoms with Gasteiger partial charge in [0.15, 0.2) is 0 Å². The third-order valence-electron chi connectivity index (χ3n) is 2.83. The van der Waals surface area contributed by atoms with Crippen molar-refractivity contribution in [3.05, 3.63) is 0 Å². The second-order valence-corrected chi connectivity index (χ2v) is 4.34. The molecule has 1 N–H and O–H groups in total. The lowest BCUT2D eigenvalue weighted by atomic mass is 10.0. The first-order chi connectivity index (χ1) is 6.65. The highest BCUT2D eigenvalue weighted by Crippen LogP contribution is 2.24. The summed E-state index contributed by atoms with van der Waals surface area (Å²) in [6, 6.07) is 1.79. The van der Waals surface area contributed by atoms with E-state index in [1.54, 1.807) is 0 Å². The average molecular weight is 194 g/mol. The zero-order valence-corrected chi connectivity index (χ0v) is 8.92. The number of nitrogens with one attached hydrogen (secondary N) is 1. The summed E-state index contributed by atoms with van der Waals surface area (Å²) in [7, 11) is 0. The number of carbonyl (C=O) groups is 1. The molecule has 0 saturated heterocycles. The Kier molecular flexibility index (Phi) is 3.94. The Labute approximate surface area is 85.5 Å². The van der Waals surface area contributed by atoms with E-state index in [0.29, 0.717) is 0 Å². The number of carbonyl (C=O) groups excluding carboxylic acids is 1. The number of amides is 1. The molecule has 3 nitrogen and oxygen atoms in total. The summed E-state index contributed by atoms with van der Waals surface area (Å²) in [6.45, 7) is 3.89. The van der Waals surface area contributed by atoms with Crippen LogP contribution >= 0.6 is 0 Å². The first kappa shape index (κ1) is 11.0. The molecule has 0 spiro atoms. The number of nitriles is 1. The minimum absolute atomic E-state index is 0.0720. The molecule has 1 unspecified atom stereocenters. The number of hydrogen-bond donors (Lipinski definition) is 1. The molecule has 78 valence electrons. The zero-order valence-electron chi connectivity index (χ0n) is 8.92. The van der Waals surface area contributed by atoms with Crippen molar-refractivity contribution >= 4 is 5.91 Å². The molecule has 1 aliphatic rings. The van der Waals surface area contributed by atoms with Crippen molar-refractivity contribution in [3.8, 4) is 6.07 Å². The second kappa shape index (κ2) is 4.99. The summed E-state index contributed by atoms with van der Waals surface area (Å²) in [5, 5.41) is 11.6. The molecule has 1 aliphatic carbocycles. The molecule has 0 aromatic rings. The molecule has 0 aromatic heterocycles. The first-order valence-electron chi connectivity index (χ1n) is 5.35. The minimum Gasteiger partial charge on any atom is -0.340 e. The van der Waals surface area contributed by atoms with Crippen molar-refractivity contribution in [2.75, 3.05) is 0 Å². The SMILES string of the molecule is CC(C)C(C#N)NC(=O)C1CCCC1. The zero-order chi connectivity index (χ0) is 10.6. The topological polar surface area (TPSA) is 52.9 Å². The van der Waals surface area contributed by atoms with E-state index in [-0.39, 0.29) is 23.8 Å². The smallest absolute Gasteiger partial charge is 0.224 e. The molecule has 14 heavy (non-hydrogen) atoms. The van der Waals surface area contributed by atoms with Gasteiger partial charge in [-0.05, 0) is 18.8 Å². The number of nitrogens with zero attached hydrogens (tertiary/aromatic N) is 1. The Morgan fingerprint density at radius 3 is 2.43 bits per heavy atom. The molecule has 1 saturated carbocycles. The van der Waals surface area contributed by atoms with E-state index >= 15 is 0 Å². The Balaban J connectivity index is 2.42. The van der Waals surface area contributed by atoms with Crippen molar-refractivity contribution in [2.45, 2.75) is 45.6 Å². The first-order valence-corrected chi connectivity index (χ1v) is 5.35. The Morgan fingerprint density at radius 2 is 2.00 bits per heavy atom. The van der Waals surface area contributed by atoms with Crippen LogP contribution in [0.25, 0.3) is 0 Å². The van der Waals surface area contributed by atoms with E-state index < -0.39 is 0 Å². The van der Waals surface area contributed by atoms with Gasteiger partial charge in [-0.25, -0.2) is 0 Å². The highest BCUT2D eigenvalue weighted by Gasteiger charge is 2.25. The Morgan fingerprint density at radius 1 is 1.43 bits per heavy atom. The van der Waals surface area contributed by atoms with Gasteiger partial charge in [-0.2, -0.15) is 5.26 Å². The molecule has 1 fully saturated rings. The van der Waals surface area contributed by atoms with Gasteiger partial charge in [-0.3, -0.25) is 4.79 Å². The summed E-state index contributed by atoms with van der Waals surface area (Å²) < 4.78 is 0. The lowest BCUT2D eigenvalue weighted by Gasteiger charge is -2.17. The van der Waals surface area contributed by atoms with Crippen LogP contribution in [0.15, 0.2) is 0 Å². The van der Waals surface area contributed by atoms with Gasteiger partial charge in [0.05, 0.1) is 6.07 Å². The van der Waals surface area contributed by atoms with Gasteiger partial charge in [0.1, 0.15) is 6.04 Å². The van der Waals surface area contributed by atoms with Gasteiger partial charge in [0, 0.05) is 5.92 Å². The standard InChI is InChI=1S/C11H18N2O/c1-8(2)10(7-12)13-11(14)9-5-3-4-6-9/h8-10H,3-6H2,1-2H3,(H,13,14). The van der Waals surface area contributed by atoms with Crippen molar-refractivity contribution < 1.29 is 4.79 Å². The Hall–Kier alpha value is -1.04. The second-order valence-electron chi connectivity index (χ2n) is 4.34. The fraction of sp³-hybridized carbons (Fsp3) is 0.818. The predicted octanol–water partition coefficient (Wildman–Crippen LogP) is 1.84. The van der Waals surface area contributed by atoms with Crippen LogP contribution in [0.3, 0.4) is 0 Å². The summed E-state index contributed by atoms with van der Waals surface area (Å²) in [5.41, 5.74) is 0. The summed E-state index contributed by atoms with van der Waals surface area (Å²) in [6.07, 6.45) is 4.28. The molecule has 3 heteroatoms. The Bertz CT molecular complexity index is 236. The third-order valence-corrected chi connectivity index (χ3v) is 2.83. The lowest BCUT2D eigenvalue weighted by Crippen LogP contribution is -2.40. The molecule has 1 rings (SSSR count). The number of hydrogen-bond acceptors (Lipinski definition) is 2. The maximum Gasteiger partial charge on any atom is 0.224 e. The van der Waals surface area contributed by atoms with Gasteiger partial charge >= 0.3 is 0 Å². The van der Waals surface area contributed by atoms with Crippen molar-refractivity contribution in [1.82, 2.24) is 5.32 Å². The molecule has 1 atom stereocenters. The van der Waals surface area contributed by atoms with E-state index in [1.807, 2.05) is 13.8 Å². The van der Waals surface area contributed by atoms with Crippen LogP contribution in [0.4, 0.5) is 0 Å². The van der Waals surface area contributed by atoms with Crippen LogP contribution in [0.5, 0.6) is 0 Å². The molecular formula is C11H18N2O. The van der Waals surface area contributed by atoms with Crippen LogP contribution in [0.2, 0.25) is 0 Å². The van der Waals surface area contributed by atoms with E-state index in [2.05, 4.69) is 11.4 Å². The van der Waals surface area contributed by atoms with Crippen molar-refractivity contribution in [2.24, 2.45) is 11.8 Å². The van der Waals surface area contributed by atoms with Crippen LogP contribution in [-0.2, 0) is 4.79 Å². The fourth-order valence-corrected chi connectivity index (χ4v) is 1.81. The van der Waals surface area contributed by atoms with Gasteiger partial charge in [0.25, 0.3) is 0 Å². The summed E-state index contributed by atoms with van der Waals surface area (Å²) in [4.78, 5) is 11.7. The van der Waals surface area contributed by atoms with E-state index in [9.17, 15) is 4.79 Å². The third kappa shape index (κ3) is 2.73. The molecule has 0 radical (unpaired) electrons. The van der Waals surface area contributed by atoms with Crippen molar-refractivity contribution in [3.63, 3.8) is 0 Å². The maximum absolute atomic E-state index is 11.7. The summed E-state index contributed by atoms with van der Waals surface area (Å²) in [5.74, 6) is 0.415. The van der Waals surface area contributed by atoms with Crippen LogP contribution < -0.4 is 5.32 Å². The minimum atomic E-state index is -0.330. The molecule has 1 amide bonds. The predicted molar refractivity (Wildman–Crippen MR) is 54.3 cm³/mol. The highest BCUT2D eigenvalue weighted by atomic mass is 16.1. The van der Waals surface area contributed by atoms with E-state index in [0.717, 1.165) is 25.7 Å². The van der Waals surface area contributed by atoms with Crippen molar-refractivity contribution in [1.29, 1.82) is 5.26 Å². The lowest BCUT2D eigenvalue weighted by molar-refractivity contribution is -0.125. The van der Waals surface area contributed by atoms with Gasteiger partial charge in [-0.1, -0.05) is 26.7 Å². The van der Waals surface area contributed by atoms with Crippen LogP contribution in [0, 0.1) is 23.2 Å².